The van der Waals surface area contributed by atoms with E-state index in [9.17, 15) is 4.79 Å². The highest BCUT2D eigenvalue weighted by molar-refractivity contribution is 5.79. The molecule has 1 aromatic rings. The first-order valence-corrected chi connectivity index (χ1v) is 6.57. The minimum absolute atomic E-state index is 0.0995. The highest BCUT2D eigenvalue weighted by atomic mass is 16.2. The molecular formula is C14H21N3O. The van der Waals surface area contributed by atoms with Crippen molar-refractivity contribution in [2.45, 2.75) is 25.8 Å². The highest BCUT2D eigenvalue weighted by Crippen LogP contribution is 2.21. The van der Waals surface area contributed by atoms with Gasteiger partial charge in [0.25, 0.3) is 0 Å². The van der Waals surface area contributed by atoms with Crippen molar-refractivity contribution >= 4 is 5.91 Å². The van der Waals surface area contributed by atoms with Gasteiger partial charge in [-0.05, 0) is 44.0 Å². The Morgan fingerprint density at radius 1 is 1.50 bits per heavy atom. The number of carbonyl (C=O) groups excluding carboxylic acids is 1. The number of pyridine rings is 1. The Morgan fingerprint density at radius 3 is 2.83 bits per heavy atom. The van der Waals surface area contributed by atoms with Gasteiger partial charge in [0.05, 0.1) is 12.0 Å². The van der Waals surface area contributed by atoms with Gasteiger partial charge in [-0.1, -0.05) is 0 Å². The number of nitrogens with one attached hydrogen (secondary N) is 1. The average Bonchev–Trinajstić information content (AvgIpc) is 2.47. The molecule has 0 radical (unpaired) electrons. The van der Waals surface area contributed by atoms with Crippen molar-refractivity contribution in [3.05, 3.63) is 30.1 Å². The molecular weight excluding hydrogens is 226 g/mol. The van der Waals surface area contributed by atoms with Gasteiger partial charge in [-0.3, -0.25) is 9.78 Å². The fourth-order valence-electron chi connectivity index (χ4n) is 2.41. The monoisotopic (exact) mass is 247 g/mol. The van der Waals surface area contributed by atoms with Gasteiger partial charge in [0.1, 0.15) is 0 Å². The van der Waals surface area contributed by atoms with Crippen LogP contribution in [0.25, 0.3) is 0 Å². The number of carbonyl (C=O) groups is 1. The number of rotatable bonds is 3. The van der Waals surface area contributed by atoms with E-state index in [-0.39, 0.29) is 17.9 Å². The molecule has 1 N–H and O–H groups in total. The number of amides is 1. The lowest BCUT2D eigenvalue weighted by molar-refractivity contribution is -0.136. The molecule has 2 unspecified atom stereocenters. The van der Waals surface area contributed by atoms with Crippen LogP contribution in [0, 0.1) is 5.92 Å². The van der Waals surface area contributed by atoms with Crippen LogP contribution in [-0.4, -0.2) is 35.9 Å². The van der Waals surface area contributed by atoms with E-state index < -0.39 is 0 Å². The Hall–Kier alpha value is -1.42. The van der Waals surface area contributed by atoms with Gasteiger partial charge in [0.15, 0.2) is 0 Å². The first kappa shape index (κ1) is 13.0. The van der Waals surface area contributed by atoms with E-state index in [0.29, 0.717) is 0 Å². The Morgan fingerprint density at radius 2 is 2.22 bits per heavy atom. The zero-order valence-corrected chi connectivity index (χ0v) is 11.1. The second-order valence-corrected chi connectivity index (χ2v) is 4.95. The first-order valence-electron chi connectivity index (χ1n) is 6.57. The predicted molar refractivity (Wildman–Crippen MR) is 71.0 cm³/mol. The van der Waals surface area contributed by atoms with Crippen molar-refractivity contribution in [3.63, 3.8) is 0 Å². The number of piperidine rings is 1. The Kier molecular flexibility index (Phi) is 4.31. The van der Waals surface area contributed by atoms with Crippen molar-refractivity contribution < 1.29 is 4.79 Å². The molecule has 2 rings (SSSR count). The summed E-state index contributed by atoms with van der Waals surface area (Å²) in [5.41, 5.74) is 1.13. The van der Waals surface area contributed by atoms with E-state index in [1.165, 1.54) is 0 Å². The molecule has 0 saturated carbocycles. The standard InChI is InChI=1S/C14H21N3O/c1-11(12-5-8-15-9-6-12)17(2)14(18)13-4-3-7-16-10-13/h5-6,8-9,11,13,16H,3-4,7,10H2,1-2H3. The predicted octanol–water partition coefficient (Wildman–Crippen LogP) is 1.60. The summed E-state index contributed by atoms with van der Waals surface area (Å²) >= 11 is 0. The fraction of sp³-hybridized carbons (Fsp3) is 0.571. The Balaban J connectivity index is 2.01. The van der Waals surface area contributed by atoms with E-state index in [1.807, 2.05) is 24.1 Å². The van der Waals surface area contributed by atoms with Crippen LogP contribution in [0.2, 0.25) is 0 Å². The van der Waals surface area contributed by atoms with Crippen LogP contribution >= 0.6 is 0 Å². The van der Waals surface area contributed by atoms with Crippen LogP contribution in [0.1, 0.15) is 31.4 Å². The zero-order chi connectivity index (χ0) is 13.0. The summed E-state index contributed by atoms with van der Waals surface area (Å²) < 4.78 is 0. The lowest BCUT2D eigenvalue weighted by Crippen LogP contribution is -2.42. The Labute approximate surface area is 108 Å². The van der Waals surface area contributed by atoms with E-state index in [1.54, 1.807) is 12.4 Å². The number of nitrogens with zero attached hydrogens (tertiary/aromatic N) is 2. The molecule has 1 aliphatic rings. The summed E-state index contributed by atoms with van der Waals surface area (Å²) in [5.74, 6) is 0.375. The van der Waals surface area contributed by atoms with E-state index in [0.717, 1.165) is 31.5 Å². The highest BCUT2D eigenvalue weighted by Gasteiger charge is 2.26. The first-order chi connectivity index (χ1) is 8.70. The minimum atomic E-state index is 0.0995. The summed E-state index contributed by atoms with van der Waals surface area (Å²) in [7, 11) is 1.89. The van der Waals surface area contributed by atoms with Crippen molar-refractivity contribution in [2.24, 2.45) is 5.92 Å². The van der Waals surface area contributed by atoms with Gasteiger partial charge in [0, 0.05) is 26.0 Å². The topological polar surface area (TPSA) is 45.2 Å². The molecule has 1 fully saturated rings. The summed E-state index contributed by atoms with van der Waals surface area (Å²) in [5, 5.41) is 3.29. The second-order valence-electron chi connectivity index (χ2n) is 4.95. The van der Waals surface area contributed by atoms with Gasteiger partial charge in [-0.15, -0.1) is 0 Å². The normalized spacial score (nSPS) is 21.3. The van der Waals surface area contributed by atoms with Crippen LogP contribution in [0.3, 0.4) is 0 Å². The van der Waals surface area contributed by atoms with Gasteiger partial charge in [-0.25, -0.2) is 0 Å². The molecule has 4 nitrogen and oxygen atoms in total. The van der Waals surface area contributed by atoms with E-state index in [2.05, 4.69) is 17.2 Å². The second kappa shape index (κ2) is 5.96. The average molecular weight is 247 g/mol. The van der Waals surface area contributed by atoms with Gasteiger partial charge >= 0.3 is 0 Å². The van der Waals surface area contributed by atoms with Gasteiger partial charge < -0.3 is 10.2 Å². The number of hydrogen-bond donors (Lipinski definition) is 1. The largest absolute Gasteiger partial charge is 0.339 e. The van der Waals surface area contributed by atoms with Crippen LogP contribution in [0.15, 0.2) is 24.5 Å². The molecule has 2 heterocycles. The molecule has 0 spiro atoms. The third-order valence-corrected chi connectivity index (χ3v) is 3.76. The SMILES string of the molecule is CC(c1ccncc1)N(C)C(=O)C1CCCNC1. The smallest absolute Gasteiger partial charge is 0.227 e. The molecule has 0 bridgehead atoms. The van der Waals surface area contributed by atoms with Gasteiger partial charge in [-0.2, -0.15) is 0 Å². The van der Waals surface area contributed by atoms with Crippen LogP contribution in [0.5, 0.6) is 0 Å². The molecule has 1 aliphatic heterocycles. The summed E-state index contributed by atoms with van der Waals surface area (Å²) in [6, 6.07) is 4.03. The maximum absolute atomic E-state index is 12.4. The van der Waals surface area contributed by atoms with Crippen LogP contribution in [0.4, 0.5) is 0 Å². The summed E-state index contributed by atoms with van der Waals surface area (Å²) in [4.78, 5) is 18.2. The third kappa shape index (κ3) is 2.88. The van der Waals surface area contributed by atoms with Crippen LogP contribution < -0.4 is 5.32 Å². The molecule has 1 amide bonds. The fourth-order valence-corrected chi connectivity index (χ4v) is 2.41. The number of aromatic nitrogens is 1. The van der Waals surface area contributed by atoms with Gasteiger partial charge in [0.2, 0.25) is 5.91 Å². The van der Waals surface area contributed by atoms with Crippen molar-refractivity contribution in [1.29, 1.82) is 0 Å². The molecule has 1 saturated heterocycles. The lowest BCUT2D eigenvalue weighted by atomic mass is 9.97. The summed E-state index contributed by atoms with van der Waals surface area (Å²) in [6.07, 6.45) is 5.63. The maximum atomic E-state index is 12.4. The molecule has 4 heteroatoms. The molecule has 1 aromatic heterocycles. The quantitative estimate of drug-likeness (QED) is 0.882. The van der Waals surface area contributed by atoms with Crippen LogP contribution in [-0.2, 0) is 4.79 Å². The van der Waals surface area contributed by atoms with E-state index in [4.69, 9.17) is 0 Å². The number of hydrogen-bond acceptors (Lipinski definition) is 3. The van der Waals surface area contributed by atoms with Crippen molar-refractivity contribution in [3.8, 4) is 0 Å². The Bertz CT molecular complexity index is 387. The zero-order valence-electron chi connectivity index (χ0n) is 11.1. The minimum Gasteiger partial charge on any atom is -0.339 e. The van der Waals surface area contributed by atoms with E-state index >= 15 is 0 Å². The molecule has 0 aliphatic carbocycles. The maximum Gasteiger partial charge on any atom is 0.227 e. The molecule has 98 valence electrons. The third-order valence-electron chi connectivity index (χ3n) is 3.76. The lowest BCUT2D eigenvalue weighted by Gasteiger charge is -2.31. The summed E-state index contributed by atoms with van der Waals surface area (Å²) in [6.45, 7) is 3.91. The molecule has 18 heavy (non-hydrogen) atoms. The van der Waals surface area contributed by atoms with Crippen molar-refractivity contribution in [2.75, 3.05) is 20.1 Å². The molecule has 0 aromatic carbocycles. The van der Waals surface area contributed by atoms with Crippen molar-refractivity contribution in [1.82, 2.24) is 15.2 Å². The molecule has 2 atom stereocenters.